The Kier molecular flexibility index (Phi) is 6.02. The summed E-state index contributed by atoms with van der Waals surface area (Å²) in [5.41, 5.74) is 0.196. The number of carbonyl (C=O) groups excluding carboxylic acids is 1. The Bertz CT molecular complexity index is 458. The molecule has 0 radical (unpaired) electrons. The quantitative estimate of drug-likeness (QED) is 0.848. The molecule has 0 aliphatic rings. The van der Waals surface area contributed by atoms with Crippen LogP contribution in [0.15, 0.2) is 24.3 Å². The largest absolute Gasteiger partial charge is 0.493 e. The van der Waals surface area contributed by atoms with Gasteiger partial charge in [-0.25, -0.2) is 0 Å². The fraction of sp³-hybridized carbons (Fsp3) is 0.500. The van der Waals surface area contributed by atoms with Gasteiger partial charge in [-0.1, -0.05) is 13.8 Å². The molecule has 0 saturated carbocycles. The number of benzene rings is 1. The molecule has 21 heavy (non-hydrogen) atoms. The van der Waals surface area contributed by atoms with E-state index in [1.54, 1.807) is 12.1 Å². The summed E-state index contributed by atoms with van der Waals surface area (Å²) in [7, 11) is 0. The first-order chi connectivity index (χ1) is 9.70. The normalized spacial score (nSPS) is 13.1. The number of aliphatic hydroxyl groups excluding tert-OH is 1. The summed E-state index contributed by atoms with van der Waals surface area (Å²) in [5, 5.41) is 10.8. The highest BCUT2D eigenvalue weighted by molar-refractivity contribution is 5.94. The summed E-state index contributed by atoms with van der Waals surface area (Å²) in [6.07, 6.45) is -7.32. The second-order valence-corrected chi connectivity index (χ2v) is 5.00. The molecule has 4 nitrogen and oxygen atoms in total. The highest BCUT2D eigenvalue weighted by Gasteiger charge is 2.38. The SMILES string of the molecule is CC(C)COc1ccc(C(=O)NCC(O)C(F)(F)F)cc1. The van der Waals surface area contributed by atoms with Crippen molar-refractivity contribution in [3.8, 4) is 5.75 Å². The van der Waals surface area contributed by atoms with Crippen LogP contribution < -0.4 is 10.1 Å². The lowest BCUT2D eigenvalue weighted by Gasteiger charge is -2.15. The molecule has 0 aromatic heterocycles. The van der Waals surface area contributed by atoms with Crippen molar-refractivity contribution in [3.63, 3.8) is 0 Å². The third-order valence-corrected chi connectivity index (χ3v) is 2.53. The number of amides is 1. The molecule has 1 rings (SSSR count). The minimum absolute atomic E-state index is 0.196. The lowest BCUT2D eigenvalue weighted by molar-refractivity contribution is -0.201. The monoisotopic (exact) mass is 305 g/mol. The fourth-order valence-electron chi connectivity index (χ4n) is 1.37. The van der Waals surface area contributed by atoms with Crippen LogP contribution in [-0.2, 0) is 0 Å². The Morgan fingerprint density at radius 3 is 2.33 bits per heavy atom. The number of hydrogen-bond donors (Lipinski definition) is 2. The smallest absolute Gasteiger partial charge is 0.416 e. The molecular weight excluding hydrogens is 287 g/mol. The van der Waals surface area contributed by atoms with Gasteiger partial charge in [-0.15, -0.1) is 0 Å². The van der Waals surface area contributed by atoms with Crippen LogP contribution in [0.3, 0.4) is 0 Å². The molecule has 2 N–H and O–H groups in total. The van der Waals surface area contributed by atoms with Gasteiger partial charge in [-0.3, -0.25) is 4.79 Å². The highest BCUT2D eigenvalue weighted by atomic mass is 19.4. The second kappa shape index (κ2) is 7.31. The molecule has 1 amide bonds. The molecule has 1 aromatic carbocycles. The topological polar surface area (TPSA) is 58.6 Å². The van der Waals surface area contributed by atoms with Gasteiger partial charge in [0.2, 0.25) is 0 Å². The summed E-state index contributed by atoms with van der Waals surface area (Å²) in [6.45, 7) is 3.64. The Morgan fingerprint density at radius 1 is 1.29 bits per heavy atom. The van der Waals surface area contributed by atoms with E-state index in [-0.39, 0.29) is 5.56 Å². The van der Waals surface area contributed by atoms with Crippen molar-refractivity contribution in [1.82, 2.24) is 5.32 Å². The molecule has 118 valence electrons. The lowest BCUT2D eigenvalue weighted by Crippen LogP contribution is -2.40. The van der Waals surface area contributed by atoms with E-state index in [0.717, 1.165) is 0 Å². The number of aliphatic hydroxyl groups is 1. The number of rotatable bonds is 6. The van der Waals surface area contributed by atoms with Crippen molar-refractivity contribution in [2.75, 3.05) is 13.2 Å². The zero-order chi connectivity index (χ0) is 16.0. The third-order valence-electron chi connectivity index (χ3n) is 2.53. The first-order valence-electron chi connectivity index (χ1n) is 6.46. The standard InChI is InChI=1S/C14H18F3NO3/c1-9(2)8-21-11-5-3-10(4-6-11)13(20)18-7-12(19)14(15,16)17/h3-6,9,12,19H,7-8H2,1-2H3,(H,18,20). The van der Waals surface area contributed by atoms with Gasteiger partial charge in [0.05, 0.1) is 13.2 Å². The van der Waals surface area contributed by atoms with E-state index in [1.165, 1.54) is 12.1 Å². The predicted octanol–water partition coefficient (Wildman–Crippen LogP) is 2.37. The van der Waals surface area contributed by atoms with Crippen molar-refractivity contribution in [1.29, 1.82) is 0 Å². The Hall–Kier alpha value is -1.76. The molecule has 0 aliphatic heterocycles. The second-order valence-electron chi connectivity index (χ2n) is 5.00. The van der Waals surface area contributed by atoms with Crippen molar-refractivity contribution in [2.45, 2.75) is 26.1 Å². The molecule has 0 spiro atoms. The average Bonchev–Trinajstić information content (AvgIpc) is 2.41. The van der Waals surface area contributed by atoms with E-state index in [4.69, 9.17) is 9.84 Å². The van der Waals surface area contributed by atoms with Gasteiger partial charge in [0.1, 0.15) is 5.75 Å². The number of ether oxygens (including phenoxy) is 1. The maximum absolute atomic E-state index is 12.1. The zero-order valence-electron chi connectivity index (χ0n) is 11.8. The first kappa shape index (κ1) is 17.3. The highest BCUT2D eigenvalue weighted by Crippen LogP contribution is 2.19. The molecule has 1 atom stereocenters. The van der Waals surface area contributed by atoms with E-state index >= 15 is 0 Å². The molecule has 0 heterocycles. The first-order valence-corrected chi connectivity index (χ1v) is 6.46. The number of halogens is 3. The van der Waals surface area contributed by atoms with Gasteiger partial charge < -0.3 is 15.2 Å². The van der Waals surface area contributed by atoms with Crippen LogP contribution in [-0.4, -0.2) is 36.4 Å². The van der Waals surface area contributed by atoms with E-state index < -0.39 is 24.7 Å². The molecule has 1 aromatic rings. The number of carbonyl (C=O) groups is 1. The van der Waals surface area contributed by atoms with Crippen molar-refractivity contribution < 1.29 is 27.8 Å². The molecule has 0 aliphatic carbocycles. The number of alkyl halides is 3. The Morgan fingerprint density at radius 2 is 1.86 bits per heavy atom. The van der Waals surface area contributed by atoms with Crippen LogP contribution in [0.25, 0.3) is 0 Å². The molecule has 0 saturated heterocycles. The lowest BCUT2D eigenvalue weighted by atomic mass is 10.2. The van der Waals surface area contributed by atoms with Crippen LogP contribution in [0, 0.1) is 5.92 Å². The van der Waals surface area contributed by atoms with Crippen molar-refractivity contribution in [3.05, 3.63) is 29.8 Å². The fourth-order valence-corrected chi connectivity index (χ4v) is 1.37. The molecule has 0 bridgehead atoms. The van der Waals surface area contributed by atoms with Crippen LogP contribution in [0.4, 0.5) is 13.2 Å². The maximum Gasteiger partial charge on any atom is 0.416 e. The van der Waals surface area contributed by atoms with Crippen LogP contribution in [0.5, 0.6) is 5.75 Å². The van der Waals surface area contributed by atoms with Crippen molar-refractivity contribution in [2.24, 2.45) is 5.92 Å². The molecule has 0 fully saturated rings. The maximum atomic E-state index is 12.1. The van der Waals surface area contributed by atoms with Gasteiger partial charge in [-0.2, -0.15) is 13.2 Å². The van der Waals surface area contributed by atoms with Gasteiger partial charge in [0, 0.05) is 5.56 Å². The van der Waals surface area contributed by atoms with Gasteiger partial charge in [0.25, 0.3) is 5.91 Å². The minimum Gasteiger partial charge on any atom is -0.493 e. The molecule has 7 heteroatoms. The van der Waals surface area contributed by atoms with E-state index in [0.29, 0.717) is 18.3 Å². The van der Waals surface area contributed by atoms with Crippen LogP contribution >= 0.6 is 0 Å². The van der Waals surface area contributed by atoms with Gasteiger partial charge in [0.15, 0.2) is 6.10 Å². The van der Waals surface area contributed by atoms with Gasteiger partial charge >= 0.3 is 6.18 Å². The third kappa shape index (κ3) is 6.03. The number of hydrogen-bond acceptors (Lipinski definition) is 3. The van der Waals surface area contributed by atoms with E-state index in [9.17, 15) is 18.0 Å². The average molecular weight is 305 g/mol. The van der Waals surface area contributed by atoms with Crippen LogP contribution in [0.1, 0.15) is 24.2 Å². The summed E-state index contributed by atoms with van der Waals surface area (Å²) < 4.78 is 41.7. The zero-order valence-corrected chi connectivity index (χ0v) is 11.8. The number of nitrogens with one attached hydrogen (secondary N) is 1. The predicted molar refractivity (Wildman–Crippen MR) is 71.2 cm³/mol. The molecule has 1 unspecified atom stereocenters. The summed E-state index contributed by atoms with van der Waals surface area (Å²) >= 11 is 0. The van der Waals surface area contributed by atoms with E-state index in [2.05, 4.69) is 0 Å². The summed E-state index contributed by atoms with van der Waals surface area (Å²) in [4.78, 5) is 11.6. The van der Waals surface area contributed by atoms with Gasteiger partial charge in [-0.05, 0) is 30.2 Å². The Labute approximate surface area is 120 Å². The van der Waals surface area contributed by atoms with Crippen LogP contribution in [0.2, 0.25) is 0 Å². The summed E-state index contributed by atoms with van der Waals surface area (Å²) in [6, 6.07) is 6.03. The summed E-state index contributed by atoms with van der Waals surface area (Å²) in [5.74, 6) is 0.251. The molecular formula is C14H18F3NO3. The Balaban J connectivity index is 2.52. The van der Waals surface area contributed by atoms with Crippen molar-refractivity contribution >= 4 is 5.91 Å². The minimum atomic E-state index is -4.75. The van der Waals surface area contributed by atoms with E-state index in [1.807, 2.05) is 19.2 Å².